The van der Waals surface area contributed by atoms with Gasteiger partial charge in [-0.2, -0.15) is 0 Å². The van der Waals surface area contributed by atoms with Crippen molar-refractivity contribution in [3.63, 3.8) is 0 Å². The number of rotatable bonds is 6. The second-order valence-electron chi connectivity index (χ2n) is 14.6. The molecular weight excluding hydrogens is 730 g/mol. The van der Waals surface area contributed by atoms with Crippen molar-refractivity contribution in [3.05, 3.63) is 206 Å². The van der Waals surface area contributed by atoms with Crippen molar-refractivity contribution >= 4 is 87.0 Å². The van der Waals surface area contributed by atoms with Gasteiger partial charge >= 0.3 is 0 Å². The van der Waals surface area contributed by atoms with Crippen LogP contribution >= 0.6 is 18.5 Å². The highest BCUT2D eigenvalue weighted by atomic mass is 32.1. The van der Waals surface area contributed by atoms with Crippen molar-refractivity contribution < 1.29 is 4.57 Å². The summed E-state index contributed by atoms with van der Waals surface area (Å²) in [4.78, 5) is 5.57. The molecule has 0 saturated carbocycles. The van der Waals surface area contributed by atoms with E-state index in [0.29, 0.717) is 0 Å². The van der Waals surface area contributed by atoms with Gasteiger partial charge in [-0.3, -0.25) is 0 Å². The Morgan fingerprint density at radius 1 is 0.404 bits per heavy atom. The zero-order valence-corrected chi connectivity index (χ0v) is 32.6. The lowest BCUT2D eigenvalue weighted by Crippen LogP contribution is -2.25. The van der Waals surface area contributed by atoms with Crippen LogP contribution in [0, 0.1) is 0 Å². The molecule has 0 fully saturated rings. The van der Waals surface area contributed by atoms with E-state index in [1.165, 1.54) is 41.7 Å². The summed E-state index contributed by atoms with van der Waals surface area (Å²) in [6, 6.07) is 71.8. The van der Waals surface area contributed by atoms with Crippen molar-refractivity contribution in [2.24, 2.45) is 0 Å². The van der Waals surface area contributed by atoms with Gasteiger partial charge in [-0.1, -0.05) is 176 Å². The molecule has 57 heavy (non-hydrogen) atoms. The lowest BCUT2D eigenvalue weighted by Gasteiger charge is -2.21. The third-order valence-electron chi connectivity index (χ3n) is 11.3. The van der Waals surface area contributed by atoms with E-state index in [-0.39, 0.29) is 0 Å². The first-order valence-corrected chi connectivity index (χ1v) is 21.7. The maximum atomic E-state index is 15.3. The maximum Gasteiger partial charge on any atom is 0.171 e. The molecular formula is C53H34NOPS. The average Bonchev–Trinajstić information content (AvgIpc) is 3.69. The molecule has 0 saturated heterocycles. The maximum absolute atomic E-state index is 15.3. The Kier molecular flexibility index (Phi) is 8.00. The molecule has 0 radical (unpaired) electrons. The minimum absolute atomic E-state index is 0.817. The van der Waals surface area contributed by atoms with E-state index in [2.05, 4.69) is 133 Å². The number of aromatic nitrogens is 1. The fourth-order valence-electron chi connectivity index (χ4n) is 8.67. The number of fused-ring (bicyclic) bond motifs is 8. The van der Waals surface area contributed by atoms with Gasteiger partial charge in [0.05, 0.1) is 15.9 Å². The summed E-state index contributed by atoms with van der Waals surface area (Å²) in [5.74, 6) is 0. The van der Waals surface area contributed by atoms with E-state index in [9.17, 15) is 0 Å². The molecule has 0 aliphatic rings. The predicted molar refractivity (Wildman–Crippen MR) is 245 cm³/mol. The zero-order valence-electron chi connectivity index (χ0n) is 30.8. The molecule has 0 amide bonds. The molecule has 0 spiro atoms. The van der Waals surface area contributed by atoms with Gasteiger partial charge in [0.1, 0.15) is 0 Å². The Morgan fingerprint density at radius 2 is 0.982 bits per heavy atom. The lowest BCUT2D eigenvalue weighted by molar-refractivity contribution is 0.592. The van der Waals surface area contributed by atoms with E-state index in [1.807, 2.05) is 84.1 Å². The van der Waals surface area contributed by atoms with E-state index >= 15 is 4.57 Å². The van der Waals surface area contributed by atoms with Crippen LogP contribution in [-0.4, -0.2) is 4.98 Å². The molecule has 268 valence electrons. The van der Waals surface area contributed by atoms with Gasteiger partial charge < -0.3 is 4.57 Å². The van der Waals surface area contributed by atoms with E-state index in [4.69, 9.17) is 4.98 Å². The molecule has 2 nitrogen and oxygen atoms in total. The highest BCUT2D eigenvalue weighted by Gasteiger charge is 2.30. The lowest BCUT2D eigenvalue weighted by atomic mass is 9.92. The first-order chi connectivity index (χ1) is 28.1. The van der Waals surface area contributed by atoms with Crippen molar-refractivity contribution in [1.82, 2.24) is 4.98 Å². The summed E-state index contributed by atoms with van der Waals surface area (Å²) in [5.41, 5.74) is 7.48. The van der Waals surface area contributed by atoms with Crippen LogP contribution in [0.15, 0.2) is 206 Å². The summed E-state index contributed by atoms with van der Waals surface area (Å²) >= 11 is 1.83. The van der Waals surface area contributed by atoms with Gasteiger partial charge in [-0.25, -0.2) is 4.98 Å². The molecule has 0 atom stereocenters. The van der Waals surface area contributed by atoms with Gasteiger partial charge in [0.25, 0.3) is 0 Å². The second-order valence-corrected chi connectivity index (χ2v) is 18.4. The second kappa shape index (κ2) is 13.5. The molecule has 0 aliphatic heterocycles. The van der Waals surface area contributed by atoms with E-state index in [1.54, 1.807) is 0 Å². The summed E-state index contributed by atoms with van der Waals surface area (Å²) in [7, 11) is -3.14. The smallest absolute Gasteiger partial charge is 0.171 e. The molecule has 4 heteroatoms. The van der Waals surface area contributed by atoms with Crippen molar-refractivity contribution in [2.75, 3.05) is 0 Å². The van der Waals surface area contributed by atoms with Crippen LogP contribution in [0.25, 0.3) is 86.1 Å². The van der Waals surface area contributed by atoms with Gasteiger partial charge in [-0.15, -0.1) is 11.3 Å². The first-order valence-electron chi connectivity index (χ1n) is 19.2. The van der Waals surface area contributed by atoms with Crippen molar-refractivity contribution in [3.8, 4) is 33.5 Å². The molecule has 11 aromatic rings. The summed E-state index contributed by atoms with van der Waals surface area (Å²) in [6.07, 6.45) is 0. The number of nitrogens with zero attached hydrogens (tertiary/aromatic N) is 1. The number of benzene rings is 9. The van der Waals surface area contributed by atoms with Crippen molar-refractivity contribution in [1.29, 1.82) is 0 Å². The van der Waals surface area contributed by atoms with Gasteiger partial charge in [-0.05, 0) is 74.1 Å². The zero-order chi connectivity index (χ0) is 37.9. The largest absolute Gasteiger partial charge is 0.309 e. The molecule has 11 rings (SSSR count). The molecule has 2 heterocycles. The Hall–Kier alpha value is -6.64. The highest BCUT2D eigenvalue weighted by molar-refractivity contribution is 7.85. The molecule has 9 aromatic carbocycles. The molecule has 0 aliphatic carbocycles. The minimum atomic E-state index is -3.14. The standard InChI is InChI=1S/C53H34NOPS/c55-56(39-20-3-1-4-21-39,40-22-5-2-6-23-40)41-24-14-18-36(33-41)35-17-13-19-37(32-35)43-29-15-30-48-50(43)51-46-28-11-12-31-49(46)57-53(51)52(54-48)47-34-38-16-7-8-25-42(38)44-26-9-10-27-45(44)47/h1-34H. The fraction of sp³-hybridized carbons (Fsp3) is 0. The van der Waals surface area contributed by atoms with Crippen LogP contribution in [0.3, 0.4) is 0 Å². The predicted octanol–water partition coefficient (Wildman–Crippen LogP) is 13.5. The minimum Gasteiger partial charge on any atom is -0.309 e. The van der Waals surface area contributed by atoms with Crippen LogP contribution in [-0.2, 0) is 4.57 Å². The van der Waals surface area contributed by atoms with Crippen LogP contribution in [0.4, 0.5) is 0 Å². The third kappa shape index (κ3) is 5.46. The Morgan fingerprint density at radius 3 is 1.75 bits per heavy atom. The summed E-state index contributed by atoms with van der Waals surface area (Å²) in [6.45, 7) is 0. The van der Waals surface area contributed by atoms with Crippen LogP contribution in [0.5, 0.6) is 0 Å². The number of pyridine rings is 1. The highest BCUT2D eigenvalue weighted by Crippen LogP contribution is 2.48. The molecule has 0 bridgehead atoms. The van der Waals surface area contributed by atoms with Crippen molar-refractivity contribution in [2.45, 2.75) is 0 Å². The Bertz CT molecular complexity index is 3350. The van der Waals surface area contributed by atoms with Crippen LogP contribution < -0.4 is 15.9 Å². The topological polar surface area (TPSA) is 30.0 Å². The number of thiophene rings is 1. The van der Waals surface area contributed by atoms with Crippen LogP contribution in [0.1, 0.15) is 0 Å². The summed E-state index contributed by atoms with van der Waals surface area (Å²) < 4.78 is 17.7. The van der Waals surface area contributed by atoms with Gasteiger partial charge in [0.2, 0.25) is 0 Å². The monoisotopic (exact) mass is 763 g/mol. The Labute approximate surface area is 334 Å². The third-order valence-corrected chi connectivity index (χ3v) is 15.5. The number of hydrogen-bond acceptors (Lipinski definition) is 3. The SMILES string of the molecule is O=P(c1ccccc1)(c1ccccc1)c1cccc(-c2cccc(-c3cccc4nc(-c5cc6ccccc6c6ccccc56)c5sc6ccccc6c5c34)c2)c1. The van der Waals surface area contributed by atoms with E-state index < -0.39 is 7.14 Å². The average molecular weight is 764 g/mol. The summed E-state index contributed by atoms with van der Waals surface area (Å²) in [5, 5.41) is 11.0. The van der Waals surface area contributed by atoms with E-state index in [0.717, 1.165) is 60.3 Å². The van der Waals surface area contributed by atoms with Gasteiger partial charge in [0.15, 0.2) is 7.14 Å². The Balaban J connectivity index is 1.12. The first kappa shape index (κ1) is 33.7. The molecule has 0 N–H and O–H groups in total. The van der Waals surface area contributed by atoms with Gasteiger partial charge in [0, 0.05) is 42.3 Å². The molecule has 2 aromatic heterocycles. The van der Waals surface area contributed by atoms with Crippen LogP contribution in [0.2, 0.25) is 0 Å². The fourth-order valence-corrected chi connectivity index (χ4v) is 12.6. The quantitative estimate of drug-likeness (QED) is 0.125. The number of hydrogen-bond donors (Lipinski definition) is 0. The normalized spacial score (nSPS) is 11.9. The molecule has 0 unspecified atom stereocenters.